The van der Waals surface area contributed by atoms with Gasteiger partial charge < -0.3 is 20.8 Å². The molecule has 3 rings (SSSR count). The van der Waals surface area contributed by atoms with Gasteiger partial charge in [0.1, 0.15) is 12.1 Å². The van der Waals surface area contributed by atoms with E-state index in [4.69, 9.17) is 0 Å². The van der Waals surface area contributed by atoms with Crippen LogP contribution in [-0.4, -0.2) is 46.0 Å². The van der Waals surface area contributed by atoms with Crippen LogP contribution in [0.1, 0.15) is 18.1 Å². The number of carbonyl (C=O) groups excluding carboxylic acids is 3. The molecule has 8 nitrogen and oxygen atoms in total. The van der Waals surface area contributed by atoms with Crippen LogP contribution in [0.25, 0.3) is 0 Å². The molecule has 0 aromatic heterocycles. The number of hydrogen-bond acceptors (Lipinski definition) is 5. The molecule has 4 amide bonds. The van der Waals surface area contributed by atoms with Gasteiger partial charge in [0.05, 0.1) is 0 Å². The summed E-state index contributed by atoms with van der Waals surface area (Å²) in [6, 6.07) is 12.6. The van der Waals surface area contributed by atoms with Crippen molar-refractivity contribution in [2.75, 3.05) is 13.1 Å². The van der Waals surface area contributed by atoms with Gasteiger partial charge in [-0.25, -0.2) is 4.79 Å². The lowest BCUT2D eigenvalue weighted by Crippen LogP contribution is -2.43. The SMILES string of the molecule is C[C@@]1(c2ccccc2)NC(=O)N(CC(=O)NCCc2ccc(O)c(O)c2)C1=O. The van der Waals surface area contributed by atoms with Crippen LogP contribution in [0, 0.1) is 0 Å². The molecule has 0 saturated carbocycles. The smallest absolute Gasteiger partial charge is 0.325 e. The number of benzene rings is 2. The Morgan fingerprint density at radius 3 is 2.50 bits per heavy atom. The Balaban J connectivity index is 1.57. The van der Waals surface area contributed by atoms with Crippen LogP contribution in [-0.2, 0) is 21.5 Å². The monoisotopic (exact) mass is 383 g/mol. The third kappa shape index (κ3) is 3.75. The lowest BCUT2D eigenvalue weighted by Gasteiger charge is -2.22. The van der Waals surface area contributed by atoms with Crippen LogP contribution in [0.4, 0.5) is 4.79 Å². The lowest BCUT2D eigenvalue weighted by molar-refractivity contribution is -0.134. The molecular weight excluding hydrogens is 362 g/mol. The summed E-state index contributed by atoms with van der Waals surface area (Å²) in [5.74, 6) is -1.40. The largest absolute Gasteiger partial charge is 0.504 e. The number of nitrogens with zero attached hydrogens (tertiary/aromatic N) is 1. The number of amides is 4. The Morgan fingerprint density at radius 1 is 1.11 bits per heavy atom. The van der Waals surface area contributed by atoms with Crippen LogP contribution < -0.4 is 10.6 Å². The molecular formula is C20H21N3O5. The molecule has 0 spiro atoms. The van der Waals surface area contributed by atoms with Gasteiger partial charge in [0.15, 0.2) is 11.5 Å². The van der Waals surface area contributed by atoms with E-state index in [1.54, 1.807) is 37.3 Å². The van der Waals surface area contributed by atoms with Gasteiger partial charge in [0.25, 0.3) is 5.91 Å². The molecule has 1 atom stereocenters. The molecule has 1 aliphatic rings. The highest BCUT2D eigenvalue weighted by Gasteiger charge is 2.49. The standard InChI is InChI=1S/C20H21N3O5/c1-20(14-5-3-2-4-6-14)18(27)23(19(28)22-20)12-17(26)21-10-9-13-7-8-15(24)16(25)11-13/h2-8,11,24-25H,9-10,12H2,1H3,(H,21,26)(H,22,28)/t20-/m0/s1. The Labute approximate surface area is 161 Å². The highest BCUT2D eigenvalue weighted by Crippen LogP contribution is 2.28. The zero-order valence-corrected chi connectivity index (χ0v) is 15.3. The van der Waals surface area contributed by atoms with Crippen molar-refractivity contribution in [2.45, 2.75) is 18.9 Å². The average Bonchev–Trinajstić information content (AvgIpc) is 2.89. The molecule has 2 aromatic rings. The van der Waals surface area contributed by atoms with Crippen LogP contribution >= 0.6 is 0 Å². The number of hydrogen-bond donors (Lipinski definition) is 4. The highest BCUT2D eigenvalue weighted by atomic mass is 16.3. The zero-order chi connectivity index (χ0) is 20.3. The molecule has 4 N–H and O–H groups in total. The van der Waals surface area contributed by atoms with Crippen molar-refractivity contribution < 1.29 is 24.6 Å². The second kappa shape index (κ2) is 7.59. The number of aromatic hydroxyl groups is 2. The van der Waals surface area contributed by atoms with E-state index in [2.05, 4.69) is 10.6 Å². The second-order valence-corrected chi connectivity index (χ2v) is 6.74. The predicted octanol–water partition coefficient (Wildman–Crippen LogP) is 1.22. The first-order chi connectivity index (χ1) is 13.3. The Bertz CT molecular complexity index is 915. The molecule has 146 valence electrons. The molecule has 1 fully saturated rings. The molecule has 2 aromatic carbocycles. The Hall–Kier alpha value is -3.55. The summed E-state index contributed by atoms with van der Waals surface area (Å²) >= 11 is 0. The van der Waals surface area contributed by atoms with Crippen molar-refractivity contribution in [3.8, 4) is 11.5 Å². The molecule has 0 aliphatic carbocycles. The summed E-state index contributed by atoms with van der Waals surface area (Å²) in [5, 5.41) is 24.1. The maximum Gasteiger partial charge on any atom is 0.325 e. The minimum atomic E-state index is -1.21. The fraction of sp³-hybridized carbons (Fsp3) is 0.250. The zero-order valence-electron chi connectivity index (χ0n) is 15.3. The maximum atomic E-state index is 12.7. The molecule has 1 heterocycles. The van der Waals surface area contributed by atoms with Crippen molar-refractivity contribution in [1.82, 2.24) is 15.5 Å². The number of imide groups is 1. The third-order valence-electron chi connectivity index (χ3n) is 4.70. The van der Waals surface area contributed by atoms with Gasteiger partial charge in [-0.15, -0.1) is 0 Å². The quantitative estimate of drug-likeness (QED) is 0.442. The molecule has 8 heteroatoms. The molecule has 1 aliphatic heterocycles. The van der Waals surface area contributed by atoms with E-state index in [0.717, 1.165) is 10.5 Å². The van der Waals surface area contributed by atoms with Gasteiger partial charge in [-0.3, -0.25) is 14.5 Å². The first-order valence-corrected chi connectivity index (χ1v) is 8.78. The van der Waals surface area contributed by atoms with Gasteiger partial charge in [0.2, 0.25) is 5.91 Å². The summed E-state index contributed by atoms with van der Waals surface area (Å²) in [4.78, 5) is 38.1. The van der Waals surface area contributed by atoms with E-state index >= 15 is 0 Å². The van der Waals surface area contributed by atoms with Gasteiger partial charge >= 0.3 is 6.03 Å². The number of phenols is 2. The lowest BCUT2D eigenvalue weighted by atomic mass is 9.92. The number of phenolic OH excluding ortho intramolecular Hbond substituents is 2. The average molecular weight is 383 g/mol. The summed E-state index contributed by atoms with van der Waals surface area (Å²) < 4.78 is 0. The normalized spacial score (nSPS) is 18.8. The predicted molar refractivity (Wildman–Crippen MR) is 101 cm³/mol. The van der Waals surface area contributed by atoms with Crippen molar-refractivity contribution >= 4 is 17.8 Å². The van der Waals surface area contributed by atoms with E-state index in [9.17, 15) is 24.6 Å². The van der Waals surface area contributed by atoms with Crippen molar-refractivity contribution in [1.29, 1.82) is 0 Å². The van der Waals surface area contributed by atoms with E-state index in [0.29, 0.717) is 12.0 Å². The number of urea groups is 1. The van der Waals surface area contributed by atoms with Crippen LogP contribution in [0.3, 0.4) is 0 Å². The van der Waals surface area contributed by atoms with Crippen molar-refractivity contribution in [3.05, 3.63) is 59.7 Å². The number of nitrogens with one attached hydrogen (secondary N) is 2. The minimum Gasteiger partial charge on any atom is -0.504 e. The topological polar surface area (TPSA) is 119 Å². The van der Waals surface area contributed by atoms with Gasteiger partial charge in [0, 0.05) is 6.54 Å². The van der Waals surface area contributed by atoms with E-state index < -0.39 is 23.4 Å². The third-order valence-corrected chi connectivity index (χ3v) is 4.70. The van der Waals surface area contributed by atoms with Gasteiger partial charge in [-0.2, -0.15) is 0 Å². The fourth-order valence-corrected chi connectivity index (χ4v) is 3.08. The van der Waals surface area contributed by atoms with Crippen LogP contribution in [0.5, 0.6) is 11.5 Å². The van der Waals surface area contributed by atoms with Crippen LogP contribution in [0.2, 0.25) is 0 Å². The van der Waals surface area contributed by atoms with E-state index in [1.807, 2.05) is 6.07 Å². The molecule has 0 radical (unpaired) electrons. The first-order valence-electron chi connectivity index (χ1n) is 8.78. The van der Waals surface area contributed by atoms with Crippen molar-refractivity contribution in [2.24, 2.45) is 0 Å². The molecule has 28 heavy (non-hydrogen) atoms. The Morgan fingerprint density at radius 2 is 1.82 bits per heavy atom. The van der Waals surface area contributed by atoms with Crippen molar-refractivity contribution in [3.63, 3.8) is 0 Å². The summed E-state index contributed by atoms with van der Waals surface area (Å²) in [6.07, 6.45) is 0.418. The summed E-state index contributed by atoms with van der Waals surface area (Å²) in [7, 11) is 0. The fourth-order valence-electron chi connectivity index (χ4n) is 3.08. The molecule has 0 unspecified atom stereocenters. The first kappa shape index (κ1) is 19.2. The van der Waals surface area contributed by atoms with E-state index in [1.165, 1.54) is 12.1 Å². The summed E-state index contributed by atoms with van der Waals surface area (Å²) in [5.41, 5.74) is 0.160. The maximum absolute atomic E-state index is 12.7. The Kier molecular flexibility index (Phi) is 5.21. The van der Waals surface area contributed by atoms with Crippen LogP contribution in [0.15, 0.2) is 48.5 Å². The highest BCUT2D eigenvalue weighted by molar-refractivity contribution is 6.09. The van der Waals surface area contributed by atoms with E-state index in [-0.39, 0.29) is 24.6 Å². The number of rotatable bonds is 6. The molecule has 1 saturated heterocycles. The summed E-state index contributed by atoms with van der Waals surface area (Å²) in [6.45, 7) is 1.48. The van der Waals surface area contributed by atoms with Gasteiger partial charge in [-0.05, 0) is 36.6 Å². The second-order valence-electron chi connectivity index (χ2n) is 6.74. The molecule has 0 bridgehead atoms. The minimum absolute atomic E-state index is 0.215. The van der Waals surface area contributed by atoms with Gasteiger partial charge in [-0.1, -0.05) is 36.4 Å². The number of carbonyl (C=O) groups is 3.